The normalized spacial score (nSPS) is 15.5. The molecule has 1 rings (SSSR count). The number of carbonyl (C=O) groups is 4. The van der Waals surface area contributed by atoms with Crippen molar-refractivity contribution >= 4 is 35.6 Å². The zero-order valence-corrected chi connectivity index (χ0v) is 29.5. The lowest BCUT2D eigenvalue weighted by molar-refractivity contribution is -0.132. The fourth-order valence-electron chi connectivity index (χ4n) is 4.63. The Balaban J connectivity index is 2.90. The van der Waals surface area contributed by atoms with Gasteiger partial charge in [0.25, 0.3) is 0 Å². The average molecular weight is 655 g/mol. The standard InChI is InChI=1S/C32H58N6O6S/c1-10-22(6)18-33-31(42)28(21(4)5)37-29(40)23(7)17-27(39)26(16-20(2)3)35-30(41)25(12-11-15-45-9)36-32(43)44-19-38-24(8)13-14-34-38/h13-14,20-23,25-28,39H,10-12,15-19H2,1-9H3,(H,33,42)(H,35,41)(H,36,43)(H,37,40)/t22?,23-,25+,26+,27+,28+/m1/s1. The molecule has 0 radical (unpaired) electrons. The Bertz CT molecular complexity index is 1050. The fourth-order valence-corrected chi connectivity index (χ4v) is 5.09. The summed E-state index contributed by atoms with van der Waals surface area (Å²) in [6.07, 6.45) is 4.37. The molecule has 12 nitrogen and oxygen atoms in total. The molecule has 1 aromatic rings. The summed E-state index contributed by atoms with van der Waals surface area (Å²) >= 11 is 1.64. The van der Waals surface area contributed by atoms with Crippen LogP contribution in [0.2, 0.25) is 0 Å². The van der Waals surface area contributed by atoms with E-state index in [9.17, 15) is 24.3 Å². The molecule has 0 fully saturated rings. The number of rotatable bonds is 21. The summed E-state index contributed by atoms with van der Waals surface area (Å²) in [5.74, 6) is -0.459. The molecule has 0 saturated carbocycles. The van der Waals surface area contributed by atoms with Crippen LogP contribution in [0.25, 0.3) is 0 Å². The molecule has 0 aliphatic rings. The van der Waals surface area contributed by atoms with Gasteiger partial charge < -0.3 is 31.1 Å². The van der Waals surface area contributed by atoms with Crippen molar-refractivity contribution in [2.24, 2.45) is 23.7 Å². The summed E-state index contributed by atoms with van der Waals surface area (Å²) in [5, 5.41) is 26.7. The number of hydrogen-bond acceptors (Lipinski definition) is 8. The van der Waals surface area contributed by atoms with Crippen LogP contribution in [-0.2, 0) is 25.9 Å². The highest BCUT2D eigenvalue weighted by Gasteiger charge is 2.31. The van der Waals surface area contributed by atoms with E-state index in [-0.39, 0.29) is 36.8 Å². The Labute approximate surface area is 273 Å². The Morgan fingerprint density at radius 2 is 1.69 bits per heavy atom. The number of aromatic nitrogens is 2. The first-order valence-electron chi connectivity index (χ1n) is 16.2. The summed E-state index contributed by atoms with van der Waals surface area (Å²) in [5.41, 5.74) is 0.829. The fraction of sp³-hybridized carbons (Fsp3) is 0.781. The molecule has 0 spiro atoms. The van der Waals surface area contributed by atoms with Crippen LogP contribution in [0.15, 0.2) is 12.3 Å². The molecular weight excluding hydrogens is 596 g/mol. The molecule has 0 aromatic carbocycles. The maximum atomic E-state index is 13.5. The maximum Gasteiger partial charge on any atom is 0.409 e. The number of ether oxygens (including phenoxy) is 1. The van der Waals surface area contributed by atoms with Crippen LogP contribution in [0, 0.1) is 30.6 Å². The first-order valence-corrected chi connectivity index (χ1v) is 17.6. The van der Waals surface area contributed by atoms with E-state index in [2.05, 4.69) is 40.2 Å². The van der Waals surface area contributed by atoms with Crippen molar-refractivity contribution < 1.29 is 29.0 Å². The second kappa shape index (κ2) is 21.1. The van der Waals surface area contributed by atoms with Gasteiger partial charge in [-0.2, -0.15) is 16.9 Å². The van der Waals surface area contributed by atoms with Gasteiger partial charge in [0.1, 0.15) is 12.1 Å². The monoisotopic (exact) mass is 654 g/mol. The van der Waals surface area contributed by atoms with Crippen molar-refractivity contribution in [2.45, 2.75) is 118 Å². The number of nitrogens with one attached hydrogen (secondary N) is 4. The number of amides is 4. The lowest BCUT2D eigenvalue weighted by atomic mass is 9.91. The molecule has 5 N–H and O–H groups in total. The SMILES string of the molecule is CCC(C)CNC(=O)[C@@H](NC(=O)[C@H](C)C[C@H](O)[C@H](CC(C)C)NC(=O)[C@H](CCCSC)NC(=O)OCn1nccc1C)C(C)C. The van der Waals surface area contributed by atoms with Gasteiger partial charge in [-0.1, -0.05) is 54.9 Å². The Hall–Kier alpha value is -2.80. The number of aliphatic hydroxyl groups is 1. The van der Waals surface area contributed by atoms with E-state index in [1.165, 1.54) is 4.68 Å². The molecule has 0 aliphatic carbocycles. The number of aryl methyl sites for hydroxylation is 1. The van der Waals surface area contributed by atoms with Gasteiger partial charge in [-0.05, 0) is 68.4 Å². The Morgan fingerprint density at radius 3 is 2.24 bits per heavy atom. The largest absolute Gasteiger partial charge is 0.426 e. The van der Waals surface area contributed by atoms with Crippen molar-refractivity contribution in [3.63, 3.8) is 0 Å². The number of carbonyl (C=O) groups excluding carboxylic acids is 4. The topological polar surface area (TPSA) is 164 Å². The molecule has 6 atom stereocenters. The quantitative estimate of drug-likeness (QED) is 0.126. The minimum absolute atomic E-state index is 0.0820. The van der Waals surface area contributed by atoms with E-state index in [1.807, 2.05) is 40.9 Å². The van der Waals surface area contributed by atoms with Crippen LogP contribution in [-0.4, -0.2) is 81.5 Å². The minimum atomic E-state index is -1.03. The van der Waals surface area contributed by atoms with Gasteiger partial charge in [-0.25, -0.2) is 9.48 Å². The average Bonchev–Trinajstić information content (AvgIpc) is 3.40. The van der Waals surface area contributed by atoms with Gasteiger partial charge in [-0.15, -0.1) is 0 Å². The van der Waals surface area contributed by atoms with Gasteiger partial charge in [0.15, 0.2) is 6.73 Å². The van der Waals surface area contributed by atoms with Crippen LogP contribution >= 0.6 is 11.8 Å². The predicted octanol–water partition coefficient (Wildman–Crippen LogP) is 3.61. The van der Waals surface area contributed by atoms with Gasteiger partial charge >= 0.3 is 6.09 Å². The molecule has 1 unspecified atom stereocenters. The van der Waals surface area contributed by atoms with E-state index in [4.69, 9.17) is 4.74 Å². The molecule has 1 aromatic heterocycles. The van der Waals surface area contributed by atoms with Gasteiger partial charge in [-0.3, -0.25) is 14.4 Å². The van der Waals surface area contributed by atoms with Gasteiger partial charge in [0, 0.05) is 24.4 Å². The highest BCUT2D eigenvalue weighted by atomic mass is 32.2. The molecule has 0 aliphatic heterocycles. The third-order valence-electron chi connectivity index (χ3n) is 7.83. The van der Waals surface area contributed by atoms with E-state index < -0.39 is 42.1 Å². The highest BCUT2D eigenvalue weighted by Crippen LogP contribution is 2.17. The summed E-state index contributed by atoms with van der Waals surface area (Å²) in [4.78, 5) is 52.0. The number of hydrogen-bond donors (Lipinski definition) is 5. The number of aliphatic hydroxyl groups excluding tert-OH is 1. The highest BCUT2D eigenvalue weighted by molar-refractivity contribution is 7.98. The van der Waals surface area contributed by atoms with E-state index in [1.54, 1.807) is 30.9 Å². The van der Waals surface area contributed by atoms with Crippen molar-refractivity contribution in [1.82, 2.24) is 31.0 Å². The maximum absolute atomic E-state index is 13.5. The Kier molecular flexibility index (Phi) is 18.8. The predicted molar refractivity (Wildman–Crippen MR) is 178 cm³/mol. The summed E-state index contributed by atoms with van der Waals surface area (Å²) in [6, 6.07) is -0.428. The lowest BCUT2D eigenvalue weighted by Crippen LogP contribution is -2.54. The van der Waals surface area contributed by atoms with Crippen molar-refractivity contribution in [1.29, 1.82) is 0 Å². The first-order chi connectivity index (χ1) is 21.2. The van der Waals surface area contributed by atoms with Crippen molar-refractivity contribution in [2.75, 3.05) is 18.6 Å². The zero-order valence-electron chi connectivity index (χ0n) is 28.7. The summed E-state index contributed by atoms with van der Waals surface area (Å²) in [6.45, 7) is 15.8. The third kappa shape index (κ3) is 15.4. The van der Waals surface area contributed by atoms with Crippen LogP contribution < -0.4 is 21.3 Å². The second-order valence-corrected chi connectivity index (χ2v) is 13.8. The first kappa shape index (κ1) is 40.2. The molecule has 4 amide bonds. The molecular formula is C32H58N6O6S. The van der Waals surface area contributed by atoms with Crippen LogP contribution in [0.4, 0.5) is 4.79 Å². The van der Waals surface area contributed by atoms with E-state index in [0.717, 1.165) is 17.9 Å². The summed E-state index contributed by atoms with van der Waals surface area (Å²) in [7, 11) is 0. The van der Waals surface area contributed by atoms with Gasteiger partial charge in [0.2, 0.25) is 17.7 Å². The van der Waals surface area contributed by atoms with Gasteiger partial charge in [0.05, 0.1) is 12.1 Å². The molecule has 258 valence electrons. The number of thioether (sulfide) groups is 1. The lowest BCUT2D eigenvalue weighted by Gasteiger charge is -2.30. The molecule has 13 heteroatoms. The molecule has 45 heavy (non-hydrogen) atoms. The second-order valence-electron chi connectivity index (χ2n) is 12.8. The van der Waals surface area contributed by atoms with E-state index in [0.29, 0.717) is 31.7 Å². The minimum Gasteiger partial charge on any atom is -0.426 e. The van der Waals surface area contributed by atoms with Crippen molar-refractivity contribution in [3.05, 3.63) is 18.0 Å². The van der Waals surface area contributed by atoms with Crippen LogP contribution in [0.3, 0.4) is 0 Å². The summed E-state index contributed by atoms with van der Waals surface area (Å²) < 4.78 is 6.82. The number of nitrogens with zero attached hydrogens (tertiary/aromatic N) is 2. The smallest absolute Gasteiger partial charge is 0.409 e. The van der Waals surface area contributed by atoms with Crippen molar-refractivity contribution in [3.8, 4) is 0 Å². The third-order valence-corrected chi connectivity index (χ3v) is 8.52. The van der Waals surface area contributed by atoms with E-state index >= 15 is 0 Å². The Morgan fingerprint density at radius 1 is 1.00 bits per heavy atom. The molecule has 0 saturated heterocycles. The zero-order chi connectivity index (χ0) is 34.1. The molecule has 0 bridgehead atoms. The number of alkyl carbamates (subject to hydrolysis) is 1. The molecule has 1 heterocycles. The van der Waals surface area contributed by atoms with Crippen LogP contribution in [0.5, 0.6) is 0 Å². The van der Waals surface area contributed by atoms with Crippen LogP contribution in [0.1, 0.15) is 86.3 Å².